The molecule has 0 atom stereocenters. The lowest BCUT2D eigenvalue weighted by atomic mass is 10.1. The minimum atomic E-state index is -4.34. The first-order valence-corrected chi connectivity index (χ1v) is 6.12. The van der Waals surface area contributed by atoms with Crippen LogP contribution in [0.1, 0.15) is 5.56 Å². The maximum Gasteiger partial charge on any atom is 0.351 e. The fourth-order valence-corrected chi connectivity index (χ4v) is 1.66. The van der Waals surface area contributed by atoms with E-state index in [9.17, 15) is 17.6 Å². The smallest absolute Gasteiger partial charge is 0.278 e. The highest BCUT2D eigenvalue weighted by molar-refractivity contribution is 6.06. The van der Waals surface area contributed by atoms with Crippen LogP contribution in [0.4, 0.5) is 23.2 Å². The maximum absolute atomic E-state index is 13.7. The monoisotopic (exact) mass is 296 g/mol. The molecule has 0 spiro atoms. The summed E-state index contributed by atoms with van der Waals surface area (Å²) in [7, 11) is 0. The highest BCUT2D eigenvalue weighted by atomic mass is 19.3. The van der Waals surface area contributed by atoms with Crippen molar-refractivity contribution in [2.75, 3.05) is 5.43 Å². The summed E-state index contributed by atoms with van der Waals surface area (Å²) in [5.41, 5.74) is 1.74. The summed E-state index contributed by atoms with van der Waals surface area (Å²) < 4.78 is 52.6. The Labute approximate surface area is 119 Å². The third-order valence-corrected chi connectivity index (χ3v) is 2.71. The highest BCUT2D eigenvalue weighted by Crippen LogP contribution is 2.28. The van der Waals surface area contributed by atoms with E-state index in [1.165, 1.54) is 24.3 Å². The summed E-state index contributed by atoms with van der Waals surface area (Å²) in [6, 6.07) is 15.4. The SMILES string of the molecule is FC(F)C(F)(F)/C(=N/Nc1ccccc1)c1ccccc1. The lowest BCUT2D eigenvalue weighted by Crippen LogP contribution is -2.37. The molecule has 0 bridgehead atoms. The number of nitrogens with zero attached hydrogens (tertiary/aromatic N) is 1. The van der Waals surface area contributed by atoms with Crippen molar-refractivity contribution >= 4 is 11.4 Å². The number of nitrogens with one attached hydrogen (secondary N) is 1. The second-order valence-electron chi connectivity index (χ2n) is 4.23. The van der Waals surface area contributed by atoms with Crippen molar-refractivity contribution in [2.24, 2.45) is 5.10 Å². The molecule has 6 heteroatoms. The number of anilines is 1. The van der Waals surface area contributed by atoms with Gasteiger partial charge in [0.15, 0.2) is 0 Å². The van der Waals surface area contributed by atoms with Gasteiger partial charge in [0, 0.05) is 5.56 Å². The molecule has 0 radical (unpaired) electrons. The highest BCUT2D eigenvalue weighted by Gasteiger charge is 2.47. The molecule has 2 rings (SSSR count). The van der Waals surface area contributed by atoms with Gasteiger partial charge in [-0.05, 0) is 12.1 Å². The van der Waals surface area contributed by atoms with Gasteiger partial charge in [-0.2, -0.15) is 13.9 Å². The molecule has 1 N–H and O–H groups in total. The first-order valence-electron chi connectivity index (χ1n) is 6.12. The van der Waals surface area contributed by atoms with Crippen molar-refractivity contribution in [3.8, 4) is 0 Å². The molecule has 2 nitrogen and oxygen atoms in total. The summed E-state index contributed by atoms with van der Waals surface area (Å²) in [4.78, 5) is 0. The van der Waals surface area contributed by atoms with Crippen molar-refractivity contribution in [3.63, 3.8) is 0 Å². The van der Waals surface area contributed by atoms with Gasteiger partial charge in [0.2, 0.25) is 0 Å². The largest absolute Gasteiger partial charge is 0.351 e. The van der Waals surface area contributed by atoms with Crippen LogP contribution in [0, 0.1) is 0 Å². The molecule has 0 unspecified atom stereocenters. The Balaban J connectivity index is 2.37. The molecule has 2 aromatic carbocycles. The minimum Gasteiger partial charge on any atom is -0.278 e. The number of benzene rings is 2. The Kier molecular flexibility index (Phi) is 4.57. The van der Waals surface area contributed by atoms with Crippen molar-refractivity contribution in [1.29, 1.82) is 0 Å². The second kappa shape index (κ2) is 6.39. The van der Waals surface area contributed by atoms with Crippen LogP contribution in [0.2, 0.25) is 0 Å². The maximum atomic E-state index is 13.7. The van der Waals surface area contributed by atoms with E-state index in [1.807, 2.05) is 0 Å². The third-order valence-electron chi connectivity index (χ3n) is 2.71. The quantitative estimate of drug-likeness (QED) is 0.493. The summed E-state index contributed by atoms with van der Waals surface area (Å²) in [6.07, 6.45) is -3.84. The van der Waals surface area contributed by atoms with Gasteiger partial charge in [-0.25, -0.2) is 8.78 Å². The molecule has 0 aliphatic rings. The molecule has 0 saturated heterocycles. The molecule has 0 heterocycles. The van der Waals surface area contributed by atoms with Crippen LogP contribution in [0.3, 0.4) is 0 Å². The van der Waals surface area contributed by atoms with Gasteiger partial charge in [0.25, 0.3) is 0 Å². The zero-order chi connectivity index (χ0) is 15.3. The number of hydrazone groups is 1. The molecule has 0 aliphatic carbocycles. The number of hydrogen-bond acceptors (Lipinski definition) is 2. The summed E-state index contributed by atoms with van der Waals surface area (Å²) in [5.74, 6) is -4.34. The van der Waals surface area contributed by atoms with Gasteiger partial charge in [-0.15, -0.1) is 0 Å². The van der Waals surface area contributed by atoms with E-state index in [1.54, 1.807) is 36.4 Å². The molecular formula is C15H12F4N2. The fraction of sp³-hybridized carbons (Fsp3) is 0.133. The molecule has 0 saturated carbocycles. The number of alkyl halides is 4. The molecule has 0 amide bonds. The van der Waals surface area contributed by atoms with Crippen molar-refractivity contribution in [1.82, 2.24) is 0 Å². The van der Waals surface area contributed by atoms with Gasteiger partial charge in [0.1, 0.15) is 5.71 Å². The van der Waals surface area contributed by atoms with Crippen LogP contribution in [0.25, 0.3) is 0 Å². The van der Waals surface area contributed by atoms with Crippen LogP contribution in [0.15, 0.2) is 65.8 Å². The average molecular weight is 296 g/mol. The molecule has 21 heavy (non-hydrogen) atoms. The van der Waals surface area contributed by atoms with Gasteiger partial charge < -0.3 is 0 Å². The van der Waals surface area contributed by atoms with Gasteiger partial charge in [-0.1, -0.05) is 48.5 Å². The molecule has 0 aromatic heterocycles. The topological polar surface area (TPSA) is 24.4 Å². The van der Waals surface area contributed by atoms with Crippen LogP contribution >= 0.6 is 0 Å². The Morgan fingerprint density at radius 1 is 0.905 bits per heavy atom. The van der Waals surface area contributed by atoms with E-state index in [4.69, 9.17) is 0 Å². The number of halogens is 4. The van der Waals surface area contributed by atoms with Crippen LogP contribution in [-0.4, -0.2) is 18.1 Å². The molecular weight excluding hydrogens is 284 g/mol. The summed E-state index contributed by atoms with van der Waals surface area (Å²) >= 11 is 0. The Morgan fingerprint density at radius 2 is 1.43 bits per heavy atom. The van der Waals surface area contributed by atoms with E-state index in [0.717, 1.165) is 0 Å². The Hall–Kier alpha value is -2.37. The Bertz CT molecular complexity index is 598. The second-order valence-corrected chi connectivity index (χ2v) is 4.23. The lowest BCUT2D eigenvalue weighted by molar-refractivity contribution is -0.0745. The lowest BCUT2D eigenvalue weighted by Gasteiger charge is -2.18. The van der Waals surface area contributed by atoms with E-state index in [2.05, 4.69) is 10.5 Å². The average Bonchev–Trinajstić information content (AvgIpc) is 2.49. The number of para-hydroxylation sites is 1. The van der Waals surface area contributed by atoms with Crippen LogP contribution in [0.5, 0.6) is 0 Å². The molecule has 0 fully saturated rings. The van der Waals surface area contributed by atoms with E-state index < -0.39 is 18.1 Å². The van der Waals surface area contributed by atoms with Crippen LogP contribution in [-0.2, 0) is 0 Å². The molecule has 0 aliphatic heterocycles. The number of rotatable bonds is 5. The van der Waals surface area contributed by atoms with Crippen molar-refractivity contribution < 1.29 is 17.6 Å². The zero-order valence-corrected chi connectivity index (χ0v) is 10.8. The van der Waals surface area contributed by atoms with E-state index in [0.29, 0.717) is 5.69 Å². The predicted molar refractivity (Wildman–Crippen MR) is 74.0 cm³/mol. The van der Waals surface area contributed by atoms with Gasteiger partial charge in [0.05, 0.1) is 5.69 Å². The van der Waals surface area contributed by atoms with Crippen molar-refractivity contribution in [3.05, 3.63) is 66.2 Å². The minimum absolute atomic E-state index is 0.0637. The van der Waals surface area contributed by atoms with E-state index >= 15 is 0 Å². The Morgan fingerprint density at radius 3 is 1.95 bits per heavy atom. The summed E-state index contributed by atoms with van der Waals surface area (Å²) in [6.45, 7) is 0. The number of hydrogen-bond donors (Lipinski definition) is 1. The van der Waals surface area contributed by atoms with Gasteiger partial charge >= 0.3 is 12.3 Å². The summed E-state index contributed by atoms with van der Waals surface area (Å²) in [5, 5.41) is 3.49. The third kappa shape index (κ3) is 3.59. The standard InChI is InChI=1S/C15H12F4N2/c16-14(17)15(18,19)13(11-7-3-1-4-8-11)21-20-12-9-5-2-6-10-12/h1-10,14,20H/b21-13+. The first kappa shape index (κ1) is 15.0. The normalized spacial score (nSPS) is 12.5. The van der Waals surface area contributed by atoms with Crippen molar-refractivity contribution in [2.45, 2.75) is 12.3 Å². The molecule has 2 aromatic rings. The van der Waals surface area contributed by atoms with E-state index in [-0.39, 0.29) is 5.56 Å². The zero-order valence-electron chi connectivity index (χ0n) is 10.8. The first-order chi connectivity index (χ1) is 10.0. The molecule has 110 valence electrons. The fourth-order valence-electron chi connectivity index (χ4n) is 1.66. The van der Waals surface area contributed by atoms with Crippen LogP contribution < -0.4 is 5.43 Å². The predicted octanol–water partition coefficient (Wildman–Crippen LogP) is 4.40. The van der Waals surface area contributed by atoms with Gasteiger partial charge in [-0.3, -0.25) is 5.43 Å².